The van der Waals surface area contributed by atoms with Gasteiger partial charge in [-0.25, -0.2) is 9.78 Å². The summed E-state index contributed by atoms with van der Waals surface area (Å²) in [6, 6.07) is 24.5. The molecule has 120 valence electrons. The molecule has 0 bridgehead atoms. The number of ether oxygens (including phenoxy) is 1. The zero-order chi connectivity index (χ0) is 16.8. The molecular formula is C21H19NO2. The van der Waals surface area contributed by atoms with E-state index in [1.807, 2.05) is 18.2 Å². The SMILES string of the molecule is COC(=O)c1ccc(CC(c2ccccc2)c2ccccc2)cn1. The smallest absolute Gasteiger partial charge is 0.356 e. The second-order valence-corrected chi connectivity index (χ2v) is 5.62. The van der Waals surface area contributed by atoms with E-state index >= 15 is 0 Å². The van der Waals surface area contributed by atoms with Crippen molar-refractivity contribution < 1.29 is 9.53 Å². The Morgan fingerprint density at radius 2 is 1.50 bits per heavy atom. The van der Waals surface area contributed by atoms with Gasteiger partial charge in [-0.3, -0.25) is 0 Å². The summed E-state index contributed by atoms with van der Waals surface area (Å²) in [6.45, 7) is 0. The highest BCUT2D eigenvalue weighted by Crippen LogP contribution is 2.28. The fourth-order valence-corrected chi connectivity index (χ4v) is 2.81. The Labute approximate surface area is 142 Å². The number of hydrogen-bond acceptors (Lipinski definition) is 3. The Kier molecular flexibility index (Phi) is 5.02. The van der Waals surface area contributed by atoms with Gasteiger partial charge in [0.2, 0.25) is 0 Å². The van der Waals surface area contributed by atoms with Crippen LogP contribution >= 0.6 is 0 Å². The highest BCUT2D eigenvalue weighted by molar-refractivity contribution is 5.86. The molecule has 3 aromatic rings. The lowest BCUT2D eigenvalue weighted by atomic mass is 9.86. The van der Waals surface area contributed by atoms with Gasteiger partial charge in [0.15, 0.2) is 0 Å². The van der Waals surface area contributed by atoms with Crippen molar-refractivity contribution in [2.45, 2.75) is 12.3 Å². The second kappa shape index (κ2) is 7.55. The van der Waals surface area contributed by atoms with Crippen molar-refractivity contribution in [3.63, 3.8) is 0 Å². The molecule has 2 aromatic carbocycles. The van der Waals surface area contributed by atoms with E-state index in [2.05, 4.69) is 53.5 Å². The third-order valence-corrected chi connectivity index (χ3v) is 4.06. The van der Waals surface area contributed by atoms with E-state index in [0.29, 0.717) is 5.69 Å². The van der Waals surface area contributed by atoms with E-state index in [9.17, 15) is 4.79 Å². The molecule has 0 radical (unpaired) electrons. The molecule has 0 unspecified atom stereocenters. The molecular weight excluding hydrogens is 298 g/mol. The maximum Gasteiger partial charge on any atom is 0.356 e. The molecule has 0 aliphatic rings. The molecule has 0 amide bonds. The lowest BCUT2D eigenvalue weighted by molar-refractivity contribution is 0.0594. The minimum absolute atomic E-state index is 0.248. The largest absolute Gasteiger partial charge is 0.464 e. The van der Waals surface area contributed by atoms with Crippen molar-refractivity contribution >= 4 is 5.97 Å². The molecule has 0 saturated heterocycles. The van der Waals surface area contributed by atoms with Crippen LogP contribution in [-0.2, 0) is 11.2 Å². The molecule has 0 saturated carbocycles. The zero-order valence-electron chi connectivity index (χ0n) is 13.6. The maximum atomic E-state index is 11.5. The summed E-state index contributed by atoms with van der Waals surface area (Å²) in [4.78, 5) is 15.7. The van der Waals surface area contributed by atoms with Gasteiger partial charge in [-0.2, -0.15) is 0 Å². The molecule has 0 atom stereocenters. The standard InChI is InChI=1S/C21H19NO2/c1-24-21(23)20-13-12-16(15-22-20)14-19(17-8-4-2-5-9-17)18-10-6-3-7-11-18/h2-13,15,19H,14H2,1H3. The Bertz CT molecular complexity index is 744. The molecule has 3 rings (SSSR count). The van der Waals surface area contributed by atoms with Gasteiger partial charge in [-0.15, -0.1) is 0 Å². The van der Waals surface area contributed by atoms with Crippen molar-refractivity contribution in [1.82, 2.24) is 4.98 Å². The van der Waals surface area contributed by atoms with Crippen molar-refractivity contribution in [2.24, 2.45) is 0 Å². The summed E-state index contributed by atoms with van der Waals surface area (Å²) in [5.74, 6) is -0.164. The first-order chi connectivity index (χ1) is 11.8. The van der Waals surface area contributed by atoms with Crippen LogP contribution in [0.4, 0.5) is 0 Å². The van der Waals surface area contributed by atoms with E-state index in [1.54, 1.807) is 12.3 Å². The minimum atomic E-state index is -0.413. The molecule has 0 fully saturated rings. The zero-order valence-corrected chi connectivity index (χ0v) is 13.6. The van der Waals surface area contributed by atoms with E-state index in [4.69, 9.17) is 4.74 Å². The van der Waals surface area contributed by atoms with Gasteiger partial charge in [-0.05, 0) is 29.2 Å². The van der Waals surface area contributed by atoms with Crippen LogP contribution < -0.4 is 0 Å². The topological polar surface area (TPSA) is 39.2 Å². The predicted octanol–water partition coefficient (Wildman–Crippen LogP) is 4.24. The number of hydrogen-bond donors (Lipinski definition) is 0. The average Bonchev–Trinajstić information content (AvgIpc) is 2.67. The van der Waals surface area contributed by atoms with E-state index < -0.39 is 5.97 Å². The Morgan fingerprint density at radius 3 is 1.96 bits per heavy atom. The molecule has 0 aliphatic heterocycles. The number of methoxy groups -OCH3 is 1. The molecule has 3 nitrogen and oxygen atoms in total. The lowest BCUT2D eigenvalue weighted by Crippen LogP contribution is -2.07. The van der Waals surface area contributed by atoms with Gasteiger partial charge in [0.1, 0.15) is 5.69 Å². The summed E-state index contributed by atoms with van der Waals surface area (Å²) in [5, 5.41) is 0. The van der Waals surface area contributed by atoms with Crippen LogP contribution in [0.1, 0.15) is 33.1 Å². The summed E-state index contributed by atoms with van der Waals surface area (Å²) in [7, 11) is 1.36. The minimum Gasteiger partial charge on any atom is -0.464 e. The molecule has 1 heterocycles. The predicted molar refractivity (Wildman–Crippen MR) is 94.0 cm³/mol. The first-order valence-electron chi connectivity index (χ1n) is 7.91. The van der Waals surface area contributed by atoms with Crippen LogP contribution in [-0.4, -0.2) is 18.1 Å². The van der Waals surface area contributed by atoms with Gasteiger partial charge in [-0.1, -0.05) is 66.7 Å². The fourth-order valence-electron chi connectivity index (χ4n) is 2.81. The van der Waals surface area contributed by atoms with Crippen LogP contribution in [0.25, 0.3) is 0 Å². The molecule has 1 aromatic heterocycles. The van der Waals surface area contributed by atoms with Gasteiger partial charge >= 0.3 is 5.97 Å². The number of benzene rings is 2. The van der Waals surface area contributed by atoms with Gasteiger partial charge in [0.05, 0.1) is 7.11 Å². The van der Waals surface area contributed by atoms with Gasteiger partial charge in [0.25, 0.3) is 0 Å². The van der Waals surface area contributed by atoms with Crippen molar-refractivity contribution in [1.29, 1.82) is 0 Å². The normalized spacial score (nSPS) is 10.6. The molecule has 24 heavy (non-hydrogen) atoms. The number of nitrogens with zero attached hydrogens (tertiary/aromatic N) is 1. The van der Waals surface area contributed by atoms with Crippen LogP contribution in [0.2, 0.25) is 0 Å². The Balaban J connectivity index is 1.89. The third-order valence-electron chi connectivity index (χ3n) is 4.06. The van der Waals surface area contributed by atoms with E-state index in [-0.39, 0.29) is 5.92 Å². The van der Waals surface area contributed by atoms with Crippen LogP contribution in [0, 0.1) is 0 Å². The van der Waals surface area contributed by atoms with Crippen molar-refractivity contribution in [3.8, 4) is 0 Å². The Morgan fingerprint density at radius 1 is 0.917 bits per heavy atom. The van der Waals surface area contributed by atoms with E-state index in [0.717, 1.165) is 12.0 Å². The second-order valence-electron chi connectivity index (χ2n) is 5.62. The quantitative estimate of drug-likeness (QED) is 0.661. The molecule has 0 spiro atoms. The summed E-state index contributed by atoms with van der Waals surface area (Å²) in [5.41, 5.74) is 3.94. The van der Waals surface area contributed by atoms with Crippen LogP contribution in [0.15, 0.2) is 79.0 Å². The van der Waals surface area contributed by atoms with Crippen molar-refractivity contribution in [2.75, 3.05) is 7.11 Å². The summed E-state index contributed by atoms with van der Waals surface area (Å²) in [6.07, 6.45) is 2.58. The van der Waals surface area contributed by atoms with Gasteiger partial charge < -0.3 is 4.74 Å². The van der Waals surface area contributed by atoms with Crippen LogP contribution in [0.5, 0.6) is 0 Å². The first kappa shape index (κ1) is 15.9. The highest BCUT2D eigenvalue weighted by atomic mass is 16.5. The number of carbonyl (C=O) groups excluding carboxylic acids is 1. The molecule has 0 N–H and O–H groups in total. The summed E-state index contributed by atoms with van der Waals surface area (Å²) < 4.78 is 4.69. The number of aromatic nitrogens is 1. The first-order valence-corrected chi connectivity index (χ1v) is 7.91. The number of pyridine rings is 1. The molecule has 3 heteroatoms. The Hall–Kier alpha value is -2.94. The lowest BCUT2D eigenvalue weighted by Gasteiger charge is -2.18. The molecule has 0 aliphatic carbocycles. The van der Waals surface area contributed by atoms with Crippen molar-refractivity contribution in [3.05, 3.63) is 101 Å². The maximum absolute atomic E-state index is 11.5. The number of rotatable bonds is 5. The number of esters is 1. The monoisotopic (exact) mass is 317 g/mol. The van der Waals surface area contributed by atoms with E-state index in [1.165, 1.54) is 18.2 Å². The third kappa shape index (κ3) is 3.69. The number of carbonyl (C=O) groups is 1. The summed E-state index contributed by atoms with van der Waals surface area (Å²) >= 11 is 0. The average molecular weight is 317 g/mol. The van der Waals surface area contributed by atoms with Gasteiger partial charge in [0, 0.05) is 12.1 Å². The van der Waals surface area contributed by atoms with Crippen LogP contribution in [0.3, 0.4) is 0 Å². The highest BCUT2D eigenvalue weighted by Gasteiger charge is 2.15. The fraction of sp³-hybridized carbons (Fsp3) is 0.143.